The number of nitrogens with one attached hydrogen (secondary N) is 1. The van der Waals surface area contributed by atoms with Crippen molar-refractivity contribution in [2.24, 2.45) is 5.92 Å². The molecule has 0 spiro atoms. The van der Waals surface area contributed by atoms with E-state index in [0.29, 0.717) is 11.9 Å². The number of hydrogen-bond acceptors (Lipinski definition) is 4. The van der Waals surface area contributed by atoms with Gasteiger partial charge < -0.3 is 10.4 Å². The number of rotatable bonds is 2. The molecule has 1 aromatic heterocycles. The second-order valence-electron chi connectivity index (χ2n) is 4.57. The first-order valence-corrected chi connectivity index (χ1v) is 6.02. The van der Waals surface area contributed by atoms with E-state index >= 15 is 0 Å². The Bertz CT molecular complexity index is 532. The topological polar surface area (TPSA) is 80.0 Å². The highest BCUT2D eigenvalue weighted by molar-refractivity contribution is 5.90. The SMILES string of the molecule is O=C(O)C1=C[C@H]([C@@H]2CC=CCC2)n2ncnc2N1. The van der Waals surface area contributed by atoms with Gasteiger partial charge in [0.05, 0.1) is 6.04 Å². The highest BCUT2D eigenvalue weighted by atomic mass is 16.4. The molecule has 0 amide bonds. The quantitative estimate of drug-likeness (QED) is 0.774. The van der Waals surface area contributed by atoms with Crippen LogP contribution in [0.4, 0.5) is 5.95 Å². The van der Waals surface area contributed by atoms with Gasteiger partial charge in [-0.05, 0) is 31.3 Å². The zero-order valence-electron chi connectivity index (χ0n) is 9.78. The summed E-state index contributed by atoms with van der Waals surface area (Å²) in [5.41, 5.74) is 0.190. The Morgan fingerprint density at radius 3 is 3.11 bits per heavy atom. The average molecular weight is 246 g/mol. The van der Waals surface area contributed by atoms with Gasteiger partial charge in [-0.3, -0.25) is 0 Å². The Morgan fingerprint density at radius 2 is 2.39 bits per heavy atom. The van der Waals surface area contributed by atoms with Gasteiger partial charge in [-0.2, -0.15) is 10.1 Å². The number of nitrogens with zero attached hydrogens (tertiary/aromatic N) is 3. The Hall–Kier alpha value is -2.11. The van der Waals surface area contributed by atoms with Crippen LogP contribution in [0.5, 0.6) is 0 Å². The summed E-state index contributed by atoms with van der Waals surface area (Å²) in [5.74, 6) is -0.0676. The molecule has 1 aromatic rings. The monoisotopic (exact) mass is 246 g/mol. The van der Waals surface area contributed by atoms with E-state index in [1.54, 1.807) is 10.8 Å². The predicted molar refractivity (Wildman–Crippen MR) is 64.9 cm³/mol. The second kappa shape index (κ2) is 4.29. The van der Waals surface area contributed by atoms with Gasteiger partial charge in [0.15, 0.2) is 0 Å². The van der Waals surface area contributed by atoms with Crippen LogP contribution in [0.25, 0.3) is 0 Å². The third kappa shape index (κ3) is 1.79. The van der Waals surface area contributed by atoms with Gasteiger partial charge in [0, 0.05) is 0 Å². The van der Waals surface area contributed by atoms with Crippen LogP contribution in [0.3, 0.4) is 0 Å². The first-order valence-electron chi connectivity index (χ1n) is 6.02. The van der Waals surface area contributed by atoms with E-state index in [4.69, 9.17) is 5.11 Å². The lowest BCUT2D eigenvalue weighted by molar-refractivity contribution is -0.132. The molecule has 18 heavy (non-hydrogen) atoms. The predicted octanol–water partition coefficient (Wildman–Crippen LogP) is 1.57. The number of hydrogen-bond donors (Lipinski definition) is 2. The molecule has 0 radical (unpaired) electrons. The van der Waals surface area contributed by atoms with Crippen molar-refractivity contribution in [3.63, 3.8) is 0 Å². The van der Waals surface area contributed by atoms with E-state index in [1.807, 2.05) is 0 Å². The van der Waals surface area contributed by atoms with Crippen molar-refractivity contribution in [3.05, 3.63) is 30.3 Å². The Labute approximate surface area is 104 Å². The number of aromatic nitrogens is 3. The summed E-state index contributed by atoms with van der Waals surface area (Å²) in [5, 5.41) is 16.1. The maximum absolute atomic E-state index is 11.1. The molecule has 0 bridgehead atoms. The lowest BCUT2D eigenvalue weighted by Crippen LogP contribution is -2.28. The van der Waals surface area contributed by atoms with Crippen LogP contribution in [0.2, 0.25) is 0 Å². The fourth-order valence-electron chi connectivity index (χ4n) is 2.55. The molecule has 2 atom stereocenters. The minimum Gasteiger partial charge on any atom is -0.477 e. The molecule has 1 aliphatic carbocycles. The van der Waals surface area contributed by atoms with Crippen molar-refractivity contribution in [2.75, 3.05) is 5.32 Å². The second-order valence-corrected chi connectivity index (χ2v) is 4.57. The van der Waals surface area contributed by atoms with E-state index in [9.17, 15) is 4.79 Å². The Balaban J connectivity index is 1.96. The van der Waals surface area contributed by atoms with Crippen LogP contribution in [0.1, 0.15) is 25.3 Å². The number of carboxylic acid groups (broad SMARTS) is 1. The standard InChI is InChI=1S/C12H14N4O2/c17-11(18)9-6-10(8-4-2-1-3-5-8)16-12(15-9)13-7-14-16/h1-2,6-8,10H,3-5H2,(H,17,18)(H,13,14,15)/t8-,10-/m1/s1. The van der Waals surface area contributed by atoms with Gasteiger partial charge in [0.25, 0.3) is 0 Å². The van der Waals surface area contributed by atoms with Crippen LogP contribution >= 0.6 is 0 Å². The Kier molecular flexibility index (Phi) is 2.62. The molecule has 6 heteroatoms. The zero-order chi connectivity index (χ0) is 12.5. The van der Waals surface area contributed by atoms with Crippen LogP contribution in [0, 0.1) is 5.92 Å². The van der Waals surface area contributed by atoms with Gasteiger partial charge in [0.1, 0.15) is 12.0 Å². The summed E-state index contributed by atoms with van der Waals surface area (Å²) in [6.07, 6.45) is 10.6. The smallest absolute Gasteiger partial charge is 0.352 e. The summed E-state index contributed by atoms with van der Waals surface area (Å²) in [6, 6.07) is -0.0280. The largest absolute Gasteiger partial charge is 0.477 e. The fourth-order valence-corrected chi connectivity index (χ4v) is 2.55. The van der Waals surface area contributed by atoms with Crippen molar-refractivity contribution in [1.82, 2.24) is 14.8 Å². The van der Waals surface area contributed by atoms with E-state index < -0.39 is 5.97 Å². The number of anilines is 1. The minimum absolute atomic E-state index is 0.0280. The van der Waals surface area contributed by atoms with Crippen molar-refractivity contribution in [2.45, 2.75) is 25.3 Å². The lowest BCUT2D eigenvalue weighted by atomic mass is 9.87. The normalized spacial score (nSPS) is 26.1. The number of carbonyl (C=O) groups is 1. The lowest BCUT2D eigenvalue weighted by Gasteiger charge is -2.29. The zero-order valence-corrected chi connectivity index (χ0v) is 9.78. The van der Waals surface area contributed by atoms with Gasteiger partial charge >= 0.3 is 5.97 Å². The molecular weight excluding hydrogens is 232 g/mol. The molecule has 6 nitrogen and oxygen atoms in total. The van der Waals surface area contributed by atoms with Crippen molar-refractivity contribution < 1.29 is 9.90 Å². The van der Waals surface area contributed by atoms with E-state index in [2.05, 4.69) is 27.6 Å². The average Bonchev–Trinajstić information content (AvgIpc) is 2.86. The summed E-state index contributed by atoms with van der Waals surface area (Å²) in [7, 11) is 0. The maximum atomic E-state index is 11.1. The van der Waals surface area contributed by atoms with Crippen LogP contribution in [-0.2, 0) is 4.79 Å². The van der Waals surface area contributed by atoms with Gasteiger partial charge in [-0.1, -0.05) is 12.2 Å². The highest BCUT2D eigenvalue weighted by Gasteiger charge is 2.30. The summed E-state index contributed by atoms with van der Waals surface area (Å²) < 4.78 is 1.77. The van der Waals surface area contributed by atoms with E-state index in [1.165, 1.54) is 6.33 Å². The van der Waals surface area contributed by atoms with Gasteiger partial charge in [-0.25, -0.2) is 9.48 Å². The summed E-state index contributed by atoms with van der Waals surface area (Å²) >= 11 is 0. The molecular formula is C12H14N4O2. The summed E-state index contributed by atoms with van der Waals surface area (Å²) in [6.45, 7) is 0. The number of carboxylic acids is 1. The molecule has 2 aliphatic rings. The minimum atomic E-state index is -0.958. The molecule has 0 unspecified atom stereocenters. The molecule has 0 aromatic carbocycles. The molecule has 1 aliphatic heterocycles. The molecule has 2 heterocycles. The third-order valence-corrected chi connectivity index (χ3v) is 3.46. The Morgan fingerprint density at radius 1 is 1.50 bits per heavy atom. The van der Waals surface area contributed by atoms with Gasteiger partial charge in [0.2, 0.25) is 5.95 Å². The van der Waals surface area contributed by atoms with Crippen molar-refractivity contribution in [3.8, 4) is 0 Å². The fraction of sp³-hybridized carbons (Fsp3) is 0.417. The van der Waals surface area contributed by atoms with Gasteiger partial charge in [-0.15, -0.1) is 0 Å². The molecule has 3 rings (SSSR count). The van der Waals surface area contributed by atoms with Crippen LogP contribution < -0.4 is 5.32 Å². The molecule has 0 saturated heterocycles. The van der Waals surface area contributed by atoms with Crippen molar-refractivity contribution in [1.29, 1.82) is 0 Å². The number of allylic oxidation sites excluding steroid dienone is 3. The maximum Gasteiger partial charge on any atom is 0.352 e. The molecule has 2 N–H and O–H groups in total. The van der Waals surface area contributed by atoms with Crippen LogP contribution in [-0.4, -0.2) is 25.8 Å². The van der Waals surface area contributed by atoms with E-state index in [-0.39, 0.29) is 11.7 Å². The number of fused-ring (bicyclic) bond motifs is 1. The van der Waals surface area contributed by atoms with E-state index in [0.717, 1.165) is 19.3 Å². The first kappa shape index (κ1) is 11.0. The molecule has 94 valence electrons. The van der Waals surface area contributed by atoms with Crippen LogP contribution in [0.15, 0.2) is 30.3 Å². The third-order valence-electron chi connectivity index (χ3n) is 3.46. The van der Waals surface area contributed by atoms with Crippen molar-refractivity contribution >= 4 is 11.9 Å². The number of aliphatic carboxylic acids is 1. The molecule has 0 saturated carbocycles. The first-order chi connectivity index (χ1) is 8.75. The highest BCUT2D eigenvalue weighted by Crippen LogP contribution is 2.34. The molecule has 0 fully saturated rings. The summed E-state index contributed by atoms with van der Waals surface area (Å²) in [4.78, 5) is 15.2.